The molecule has 0 aromatic carbocycles. The van der Waals surface area contributed by atoms with Crippen LogP contribution in [-0.4, -0.2) is 68.2 Å². The van der Waals surface area contributed by atoms with Crippen molar-refractivity contribution in [2.24, 2.45) is 5.92 Å². The van der Waals surface area contributed by atoms with Crippen LogP contribution in [0.15, 0.2) is 0 Å². The Balaban J connectivity index is 1.95. The highest BCUT2D eigenvalue weighted by Crippen LogP contribution is 2.22. The second-order valence-electron chi connectivity index (χ2n) is 6.66. The summed E-state index contributed by atoms with van der Waals surface area (Å²) in [7, 11) is -2.69. The van der Waals surface area contributed by atoms with E-state index in [0.29, 0.717) is 45.1 Å². The number of piperidine rings is 1. The highest BCUT2D eigenvalue weighted by atomic mass is 32.2. The van der Waals surface area contributed by atoms with E-state index in [0.717, 1.165) is 4.31 Å². The molecule has 0 bridgehead atoms. The number of amides is 2. The van der Waals surface area contributed by atoms with E-state index in [-0.39, 0.29) is 30.9 Å². The zero-order valence-electron chi connectivity index (χ0n) is 15.3. The normalized spacial score (nSPS) is 22.2. The molecule has 148 valence electrons. The molecule has 0 aromatic rings. The molecule has 2 aliphatic rings. The predicted molar refractivity (Wildman–Crippen MR) is 93.0 cm³/mol. The van der Waals surface area contributed by atoms with Gasteiger partial charge in [0.05, 0.1) is 13.0 Å². The standard InChI is InChI=1S/C16H27N3O6S/c1-3-5-14(20)19-9-4-6-13(19)15(21)17-26(23,24)18-10-7-12(8-11-18)16(22)25-2/h12-13H,3-11H2,1-2H3,(H,17,21). The number of methoxy groups -OCH3 is 1. The smallest absolute Gasteiger partial charge is 0.308 e. The van der Waals surface area contributed by atoms with Crippen LogP contribution in [0.2, 0.25) is 0 Å². The van der Waals surface area contributed by atoms with Crippen molar-refractivity contribution in [1.29, 1.82) is 0 Å². The molecule has 0 aromatic heterocycles. The first-order valence-electron chi connectivity index (χ1n) is 8.99. The van der Waals surface area contributed by atoms with Crippen molar-refractivity contribution in [1.82, 2.24) is 13.9 Å². The van der Waals surface area contributed by atoms with Crippen molar-refractivity contribution >= 4 is 28.0 Å². The van der Waals surface area contributed by atoms with Crippen LogP contribution in [0.4, 0.5) is 0 Å². The molecule has 1 atom stereocenters. The van der Waals surface area contributed by atoms with E-state index in [1.54, 1.807) is 0 Å². The quantitative estimate of drug-likeness (QED) is 0.641. The van der Waals surface area contributed by atoms with Crippen molar-refractivity contribution in [3.8, 4) is 0 Å². The third-order valence-corrected chi connectivity index (χ3v) is 6.40. The second-order valence-corrected chi connectivity index (χ2v) is 8.33. The summed E-state index contributed by atoms with van der Waals surface area (Å²) in [6, 6.07) is -0.739. The lowest BCUT2D eigenvalue weighted by atomic mass is 9.99. The van der Waals surface area contributed by atoms with Gasteiger partial charge in [0.2, 0.25) is 5.91 Å². The topological polar surface area (TPSA) is 113 Å². The van der Waals surface area contributed by atoms with Gasteiger partial charge < -0.3 is 9.64 Å². The Morgan fingerprint density at radius 1 is 1.12 bits per heavy atom. The van der Waals surface area contributed by atoms with E-state index in [2.05, 4.69) is 9.46 Å². The van der Waals surface area contributed by atoms with Gasteiger partial charge in [-0.3, -0.25) is 14.4 Å². The Bertz CT molecular complexity index is 642. The molecule has 9 nitrogen and oxygen atoms in total. The molecule has 10 heteroatoms. The monoisotopic (exact) mass is 389 g/mol. The number of rotatable bonds is 6. The summed E-state index contributed by atoms with van der Waals surface area (Å²) in [4.78, 5) is 37.6. The van der Waals surface area contributed by atoms with Gasteiger partial charge in [0.1, 0.15) is 6.04 Å². The first kappa shape index (κ1) is 20.6. The third kappa shape index (κ3) is 4.73. The summed E-state index contributed by atoms with van der Waals surface area (Å²) >= 11 is 0. The van der Waals surface area contributed by atoms with Crippen LogP contribution < -0.4 is 4.72 Å². The van der Waals surface area contributed by atoms with Gasteiger partial charge in [-0.15, -0.1) is 0 Å². The van der Waals surface area contributed by atoms with Crippen molar-refractivity contribution in [2.45, 2.75) is 51.5 Å². The number of hydrogen-bond donors (Lipinski definition) is 1. The van der Waals surface area contributed by atoms with Crippen LogP contribution in [0.3, 0.4) is 0 Å². The van der Waals surface area contributed by atoms with E-state index >= 15 is 0 Å². The molecule has 0 radical (unpaired) electrons. The van der Waals surface area contributed by atoms with E-state index in [1.807, 2.05) is 6.92 Å². The predicted octanol–water partition coefficient (Wildman–Crippen LogP) is 0.0235. The Kier molecular flexibility index (Phi) is 6.99. The van der Waals surface area contributed by atoms with Crippen molar-refractivity contribution in [3.63, 3.8) is 0 Å². The molecule has 1 N–H and O–H groups in total. The Morgan fingerprint density at radius 3 is 2.35 bits per heavy atom. The maximum Gasteiger partial charge on any atom is 0.308 e. The number of hydrogen-bond acceptors (Lipinski definition) is 6. The van der Waals surface area contributed by atoms with Gasteiger partial charge in [-0.1, -0.05) is 6.92 Å². The molecule has 26 heavy (non-hydrogen) atoms. The molecule has 0 saturated carbocycles. The lowest BCUT2D eigenvalue weighted by Crippen LogP contribution is -2.52. The molecule has 2 aliphatic heterocycles. The largest absolute Gasteiger partial charge is 0.469 e. The number of esters is 1. The third-order valence-electron chi connectivity index (χ3n) is 4.90. The van der Waals surface area contributed by atoms with E-state index in [9.17, 15) is 22.8 Å². The number of carbonyl (C=O) groups is 3. The first-order chi connectivity index (χ1) is 12.3. The van der Waals surface area contributed by atoms with Crippen molar-refractivity contribution < 1.29 is 27.5 Å². The van der Waals surface area contributed by atoms with Gasteiger partial charge in [0.25, 0.3) is 5.91 Å². The Hall–Kier alpha value is -1.68. The molecule has 2 saturated heterocycles. The fourth-order valence-electron chi connectivity index (χ4n) is 3.45. The highest BCUT2D eigenvalue weighted by Gasteiger charge is 2.38. The molecule has 2 fully saturated rings. The average Bonchev–Trinajstić information content (AvgIpc) is 3.11. The molecule has 1 unspecified atom stereocenters. The summed E-state index contributed by atoms with van der Waals surface area (Å²) in [6.45, 7) is 2.64. The number of nitrogens with one attached hydrogen (secondary N) is 1. The van der Waals surface area contributed by atoms with Crippen LogP contribution in [0.1, 0.15) is 45.4 Å². The molecular formula is C16H27N3O6S. The number of carbonyl (C=O) groups excluding carboxylic acids is 3. The van der Waals surface area contributed by atoms with Crippen LogP contribution in [0.25, 0.3) is 0 Å². The molecule has 0 spiro atoms. The lowest BCUT2D eigenvalue weighted by molar-refractivity contribution is -0.146. The molecule has 0 aliphatic carbocycles. The fraction of sp³-hybridized carbons (Fsp3) is 0.812. The van der Waals surface area contributed by atoms with Crippen LogP contribution >= 0.6 is 0 Å². The van der Waals surface area contributed by atoms with Gasteiger partial charge in [0.15, 0.2) is 0 Å². The van der Waals surface area contributed by atoms with E-state index in [4.69, 9.17) is 0 Å². The Morgan fingerprint density at radius 2 is 1.77 bits per heavy atom. The van der Waals surface area contributed by atoms with Gasteiger partial charge in [-0.2, -0.15) is 12.7 Å². The molecular weight excluding hydrogens is 362 g/mol. The number of likely N-dealkylation sites (tertiary alicyclic amines) is 1. The maximum atomic E-state index is 12.5. The molecule has 2 heterocycles. The summed E-state index contributed by atoms with van der Waals surface area (Å²) in [5, 5.41) is 0. The Labute approximate surface area is 154 Å². The zero-order chi connectivity index (χ0) is 19.3. The molecule has 2 rings (SSSR count). The summed E-state index contributed by atoms with van der Waals surface area (Å²) in [6.07, 6.45) is 2.87. The zero-order valence-corrected chi connectivity index (χ0v) is 16.1. The SMILES string of the molecule is CCCC(=O)N1CCCC1C(=O)NS(=O)(=O)N1CCC(C(=O)OC)CC1. The minimum absolute atomic E-state index is 0.124. The second kappa shape index (κ2) is 8.81. The van der Waals surface area contributed by atoms with Crippen LogP contribution in [-0.2, 0) is 29.3 Å². The van der Waals surface area contributed by atoms with E-state index in [1.165, 1.54) is 12.0 Å². The lowest BCUT2D eigenvalue weighted by Gasteiger charge is -2.30. The minimum Gasteiger partial charge on any atom is -0.469 e. The number of ether oxygens (including phenoxy) is 1. The van der Waals surface area contributed by atoms with E-state index < -0.39 is 22.2 Å². The summed E-state index contributed by atoms with van der Waals surface area (Å²) in [5.74, 6) is -1.45. The van der Waals surface area contributed by atoms with Gasteiger partial charge in [-0.25, -0.2) is 4.72 Å². The number of nitrogens with zero attached hydrogens (tertiary/aromatic N) is 2. The van der Waals surface area contributed by atoms with Crippen molar-refractivity contribution in [2.75, 3.05) is 26.7 Å². The summed E-state index contributed by atoms with van der Waals surface area (Å²) < 4.78 is 32.9. The van der Waals surface area contributed by atoms with Crippen LogP contribution in [0, 0.1) is 5.92 Å². The fourth-order valence-corrected chi connectivity index (χ4v) is 4.66. The maximum absolute atomic E-state index is 12.5. The highest BCUT2D eigenvalue weighted by molar-refractivity contribution is 7.87. The van der Waals surface area contributed by atoms with Gasteiger partial charge in [-0.05, 0) is 32.1 Å². The van der Waals surface area contributed by atoms with Crippen LogP contribution in [0.5, 0.6) is 0 Å². The molecule has 2 amide bonds. The summed E-state index contributed by atoms with van der Waals surface area (Å²) in [5.41, 5.74) is 0. The first-order valence-corrected chi connectivity index (χ1v) is 10.4. The van der Waals surface area contributed by atoms with Crippen molar-refractivity contribution in [3.05, 3.63) is 0 Å². The van der Waals surface area contributed by atoms with Gasteiger partial charge in [0, 0.05) is 26.1 Å². The minimum atomic E-state index is -3.99. The van der Waals surface area contributed by atoms with Gasteiger partial charge >= 0.3 is 16.2 Å². The average molecular weight is 389 g/mol.